The fraction of sp³-hybridized carbons (Fsp3) is 0.647. The van der Waals surface area contributed by atoms with Crippen molar-refractivity contribution >= 4 is 7.82 Å². The lowest BCUT2D eigenvalue weighted by Crippen LogP contribution is -2.25. The molecule has 41 heavy (non-hydrogen) atoms. The Morgan fingerprint density at radius 2 is 0.927 bits per heavy atom. The molecule has 2 unspecified atom stereocenters. The van der Waals surface area contributed by atoms with Crippen LogP contribution in [0.25, 0.3) is 0 Å². The average molecular weight is 590 g/mol. The molecule has 0 fully saturated rings. The predicted molar refractivity (Wildman–Crippen MR) is 166 cm³/mol. The molecule has 0 spiro atoms. The van der Waals surface area contributed by atoms with E-state index in [2.05, 4.69) is 13.8 Å². The first-order chi connectivity index (χ1) is 19.8. The SMILES string of the molecule is CCCCCCCCCc1ccccc1OC(C)OP(=O)([O-])OC(C)Oc1ccccc1CCCCCCCCC. The summed E-state index contributed by atoms with van der Waals surface area (Å²) in [5.41, 5.74) is 2.10. The summed E-state index contributed by atoms with van der Waals surface area (Å²) in [6, 6.07) is 15.4. The number of phosphoric ester groups is 1. The quantitative estimate of drug-likeness (QED) is 0.0689. The maximum absolute atomic E-state index is 12.7. The standard InChI is InChI=1S/C34H55O6P/c1-5-7-9-11-13-15-17-23-31-25-19-21-27-33(31)37-29(3)39-41(35,36)40-30(4)38-34-28-22-20-26-32(34)24-18-16-14-12-10-8-6-2/h19-22,25-30H,5-18,23-24H2,1-4H3,(H,35,36)/p-1. The van der Waals surface area contributed by atoms with Crippen LogP contribution in [-0.2, 0) is 26.5 Å². The van der Waals surface area contributed by atoms with E-state index < -0.39 is 20.4 Å². The molecule has 7 heteroatoms. The van der Waals surface area contributed by atoms with E-state index in [1.54, 1.807) is 13.8 Å². The van der Waals surface area contributed by atoms with Crippen LogP contribution in [0.1, 0.15) is 129 Å². The Kier molecular flexibility index (Phi) is 18.0. The van der Waals surface area contributed by atoms with Crippen molar-refractivity contribution in [1.82, 2.24) is 0 Å². The second kappa shape index (κ2) is 20.9. The van der Waals surface area contributed by atoms with Gasteiger partial charge in [0.15, 0.2) is 0 Å². The van der Waals surface area contributed by atoms with Gasteiger partial charge in [-0.05, 0) is 62.8 Å². The molecule has 6 nitrogen and oxygen atoms in total. The molecular formula is C34H54O6P-. The van der Waals surface area contributed by atoms with E-state index in [1.165, 1.54) is 77.0 Å². The number of aryl methyl sites for hydroxylation is 2. The van der Waals surface area contributed by atoms with Gasteiger partial charge in [-0.3, -0.25) is 13.6 Å². The summed E-state index contributed by atoms with van der Waals surface area (Å²) in [7, 11) is -4.69. The van der Waals surface area contributed by atoms with Crippen molar-refractivity contribution in [2.24, 2.45) is 0 Å². The normalized spacial score (nSPS) is 14.4. The minimum Gasteiger partial charge on any atom is -0.756 e. The fourth-order valence-electron chi connectivity index (χ4n) is 4.98. The molecule has 2 rings (SSSR count). The third kappa shape index (κ3) is 15.8. The first-order valence-electron chi connectivity index (χ1n) is 16.0. The molecule has 2 aromatic carbocycles. The average Bonchev–Trinajstić information content (AvgIpc) is 2.93. The maximum atomic E-state index is 12.7. The van der Waals surface area contributed by atoms with Crippen molar-refractivity contribution in [3.63, 3.8) is 0 Å². The van der Waals surface area contributed by atoms with Gasteiger partial charge in [0, 0.05) is 0 Å². The molecular weight excluding hydrogens is 535 g/mol. The lowest BCUT2D eigenvalue weighted by molar-refractivity contribution is -0.247. The minimum absolute atomic E-state index is 0.634. The van der Waals surface area contributed by atoms with Crippen LogP contribution in [0.5, 0.6) is 11.5 Å². The number of unbranched alkanes of at least 4 members (excludes halogenated alkanes) is 12. The molecule has 0 amide bonds. The minimum atomic E-state index is -4.69. The molecule has 0 saturated carbocycles. The Morgan fingerprint density at radius 3 is 1.32 bits per heavy atom. The summed E-state index contributed by atoms with van der Waals surface area (Å²) in [5.74, 6) is 1.27. The molecule has 0 saturated heterocycles. The number of para-hydroxylation sites is 2. The van der Waals surface area contributed by atoms with Crippen molar-refractivity contribution in [3.05, 3.63) is 59.7 Å². The summed E-state index contributed by atoms with van der Waals surface area (Å²) in [6.45, 7) is 7.57. The Morgan fingerprint density at radius 1 is 0.585 bits per heavy atom. The molecule has 0 aliphatic heterocycles. The van der Waals surface area contributed by atoms with Gasteiger partial charge in [0.2, 0.25) is 12.6 Å². The Balaban J connectivity index is 1.80. The van der Waals surface area contributed by atoms with Crippen molar-refractivity contribution in [3.8, 4) is 11.5 Å². The topological polar surface area (TPSA) is 77.1 Å². The lowest BCUT2D eigenvalue weighted by atomic mass is 10.0. The lowest BCUT2D eigenvalue weighted by Gasteiger charge is -2.29. The summed E-state index contributed by atoms with van der Waals surface area (Å²) < 4.78 is 34.8. The number of benzene rings is 2. The molecule has 0 aromatic heterocycles. The van der Waals surface area contributed by atoms with Gasteiger partial charge in [-0.2, -0.15) is 0 Å². The van der Waals surface area contributed by atoms with E-state index in [-0.39, 0.29) is 0 Å². The second-order valence-corrected chi connectivity index (χ2v) is 12.3. The zero-order valence-electron chi connectivity index (χ0n) is 26.0. The number of hydrogen-bond acceptors (Lipinski definition) is 6. The van der Waals surface area contributed by atoms with Gasteiger partial charge < -0.3 is 14.4 Å². The summed E-state index contributed by atoms with van der Waals surface area (Å²) in [5, 5.41) is 0. The number of ether oxygens (including phenoxy) is 2. The Labute approximate surface area is 249 Å². The number of phosphoric acid groups is 1. The maximum Gasteiger partial charge on any atom is 0.274 e. The van der Waals surface area contributed by atoms with E-state index in [9.17, 15) is 9.46 Å². The van der Waals surface area contributed by atoms with Gasteiger partial charge in [-0.1, -0.05) is 127 Å². The van der Waals surface area contributed by atoms with Gasteiger partial charge in [-0.25, -0.2) is 0 Å². The summed E-state index contributed by atoms with van der Waals surface area (Å²) >= 11 is 0. The molecule has 232 valence electrons. The molecule has 0 radical (unpaired) electrons. The third-order valence-electron chi connectivity index (χ3n) is 7.19. The van der Waals surface area contributed by atoms with E-state index >= 15 is 0 Å². The predicted octanol–water partition coefficient (Wildman–Crippen LogP) is 9.92. The monoisotopic (exact) mass is 589 g/mol. The summed E-state index contributed by atoms with van der Waals surface area (Å²) in [6.07, 6.45) is 16.9. The molecule has 0 heterocycles. The van der Waals surface area contributed by atoms with Crippen LogP contribution >= 0.6 is 7.82 Å². The molecule has 2 aromatic rings. The zero-order valence-corrected chi connectivity index (χ0v) is 26.9. The Bertz CT molecular complexity index is 921. The highest BCUT2D eigenvalue weighted by Gasteiger charge is 2.21. The van der Waals surface area contributed by atoms with Crippen LogP contribution < -0.4 is 14.4 Å². The summed E-state index contributed by atoms with van der Waals surface area (Å²) in [4.78, 5) is 12.7. The third-order valence-corrected chi connectivity index (χ3v) is 8.30. The van der Waals surface area contributed by atoms with Crippen LogP contribution in [0.15, 0.2) is 48.5 Å². The van der Waals surface area contributed by atoms with Crippen LogP contribution in [0.2, 0.25) is 0 Å². The highest BCUT2D eigenvalue weighted by atomic mass is 31.2. The van der Waals surface area contributed by atoms with Crippen LogP contribution in [0, 0.1) is 0 Å². The highest BCUT2D eigenvalue weighted by Crippen LogP contribution is 2.42. The first kappa shape index (κ1) is 35.3. The van der Waals surface area contributed by atoms with Gasteiger partial charge in [0.05, 0.1) is 0 Å². The van der Waals surface area contributed by atoms with Gasteiger partial charge >= 0.3 is 0 Å². The number of hydrogen-bond donors (Lipinski definition) is 0. The van der Waals surface area contributed by atoms with Gasteiger partial charge in [-0.15, -0.1) is 0 Å². The van der Waals surface area contributed by atoms with E-state index in [0.29, 0.717) is 11.5 Å². The van der Waals surface area contributed by atoms with E-state index in [4.69, 9.17) is 18.5 Å². The van der Waals surface area contributed by atoms with Gasteiger partial charge in [0.25, 0.3) is 7.82 Å². The van der Waals surface area contributed by atoms with Crippen LogP contribution in [0.4, 0.5) is 0 Å². The van der Waals surface area contributed by atoms with Gasteiger partial charge in [0.1, 0.15) is 11.5 Å². The molecule has 0 bridgehead atoms. The van der Waals surface area contributed by atoms with Crippen molar-refractivity contribution in [1.29, 1.82) is 0 Å². The smallest absolute Gasteiger partial charge is 0.274 e. The van der Waals surface area contributed by atoms with Crippen LogP contribution in [0.3, 0.4) is 0 Å². The molecule has 0 aliphatic carbocycles. The number of rotatable bonds is 24. The molecule has 0 N–H and O–H groups in total. The second-order valence-electron chi connectivity index (χ2n) is 11.0. The molecule has 2 atom stereocenters. The van der Waals surface area contributed by atoms with E-state index in [0.717, 1.165) is 36.8 Å². The highest BCUT2D eigenvalue weighted by molar-refractivity contribution is 7.45. The molecule has 0 aliphatic rings. The largest absolute Gasteiger partial charge is 0.756 e. The van der Waals surface area contributed by atoms with Crippen molar-refractivity contribution < 1.29 is 28.0 Å². The first-order valence-corrected chi connectivity index (χ1v) is 17.5. The Hall–Kier alpha value is -1.85. The van der Waals surface area contributed by atoms with E-state index in [1.807, 2.05) is 48.5 Å². The fourth-order valence-corrected chi connectivity index (χ4v) is 5.85. The van der Waals surface area contributed by atoms with Crippen molar-refractivity contribution in [2.45, 2.75) is 143 Å². The van der Waals surface area contributed by atoms with Crippen LogP contribution in [-0.4, -0.2) is 12.6 Å². The van der Waals surface area contributed by atoms with Crippen molar-refractivity contribution in [2.75, 3.05) is 0 Å². The zero-order chi connectivity index (χ0) is 29.8.